The number of hydrogen-bond acceptors (Lipinski definition) is 4. The van der Waals surface area contributed by atoms with Crippen molar-refractivity contribution in [3.05, 3.63) is 15.6 Å². The molecule has 4 aliphatic carbocycles. The Hall–Kier alpha value is -0.900. The van der Waals surface area contributed by atoms with E-state index in [9.17, 15) is 4.79 Å². The van der Waals surface area contributed by atoms with Gasteiger partial charge in [0, 0.05) is 10.3 Å². The van der Waals surface area contributed by atoms with Crippen molar-refractivity contribution >= 4 is 17.3 Å². The summed E-state index contributed by atoms with van der Waals surface area (Å²) in [7, 11) is 1.44. The van der Waals surface area contributed by atoms with Crippen LogP contribution in [0.25, 0.3) is 0 Å². The Morgan fingerprint density at radius 2 is 1.75 bits per heavy atom. The summed E-state index contributed by atoms with van der Waals surface area (Å²) in [5.41, 5.74) is 0.833. The minimum atomic E-state index is -0.283. The van der Waals surface area contributed by atoms with E-state index in [2.05, 4.69) is 0 Å². The molecule has 0 atom stereocenters. The fourth-order valence-corrected chi connectivity index (χ4v) is 6.40. The number of rotatable bonds is 2. The van der Waals surface area contributed by atoms with Crippen LogP contribution in [0.4, 0.5) is 0 Å². The average molecular weight is 291 g/mol. The highest BCUT2D eigenvalue weighted by atomic mass is 32.1. The lowest BCUT2D eigenvalue weighted by atomic mass is 9.50. The zero-order valence-electron chi connectivity index (χ0n) is 12.1. The molecular formula is C16H21NO2S. The molecule has 1 heterocycles. The molecule has 4 saturated carbocycles. The molecule has 4 aliphatic rings. The van der Waals surface area contributed by atoms with Crippen LogP contribution in [-0.4, -0.2) is 18.1 Å². The second kappa shape index (κ2) is 4.30. The molecule has 4 bridgehead atoms. The van der Waals surface area contributed by atoms with Crippen molar-refractivity contribution in [2.24, 2.45) is 17.8 Å². The van der Waals surface area contributed by atoms with E-state index in [1.165, 1.54) is 50.6 Å². The van der Waals surface area contributed by atoms with Crippen LogP contribution >= 0.6 is 11.3 Å². The first-order valence-corrected chi connectivity index (χ1v) is 8.47. The van der Waals surface area contributed by atoms with Crippen LogP contribution in [-0.2, 0) is 10.2 Å². The van der Waals surface area contributed by atoms with Crippen LogP contribution < -0.4 is 0 Å². The lowest BCUT2D eigenvalue weighted by Crippen LogP contribution is -2.48. The van der Waals surface area contributed by atoms with E-state index >= 15 is 0 Å². The molecule has 0 saturated heterocycles. The molecule has 4 heteroatoms. The number of esters is 1. The lowest BCUT2D eigenvalue weighted by Gasteiger charge is -2.56. The molecule has 1 aromatic rings. The van der Waals surface area contributed by atoms with Crippen LogP contribution in [0.15, 0.2) is 0 Å². The predicted octanol–water partition coefficient (Wildman–Crippen LogP) is 3.71. The van der Waals surface area contributed by atoms with E-state index < -0.39 is 0 Å². The summed E-state index contributed by atoms with van der Waals surface area (Å²) >= 11 is 1.73. The van der Waals surface area contributed by atoms with Crippen molar-refractivity contribution in [1.82, 2.24) is 4.98 Å². The number of aromatic nitrogens is 1. The van der Waals surface area contributed by atoms with Gasteiger partial charge in [0.1, 0.15) is 0 Å². The summed E-state index contributed by atoms with van der Waals surface area (Å²) in [6, 6.07) is 0. The first-order chi connectivity index (χ1) is 9.59. The Kier molecular flexibility index (Phi) is 2.75. The Morgan fingerprint density at radius 3 is 2.25 bits per heavy atom. The average Bonchev–Trinajstić information content (AvgIpc) is 2.79. The molecule has 4 fully saturated rings. The summed E-state index contributed by atoms with van der Waals surface area (Å²) in [6.07, 6.45) is 8.21. The number of hydrogen-bond donors (Lipinski definition) is 0. The van der Waals surface area contributed by atoms with Gasteiger partial charge >= 0.3 is 5.97 Å². The van der Waals surface area contributed by atoms with Gasteiger partial charge in [-0.05, 0) is 63.2 Å². The van der Waals surface area contributed by atoms with Crippen LogP contribution in [0.2, 0.25) is 0 Å². The van der Waals surface area contributed by atoms with Crippen LogP contribution in [0.1, 0.15) is 58.9 Å². The summed E-state index contributed by atoms with van der Waals surface area (Å²) in [4.78, 5) is 17.5. The fourth-order valence-electron chi connectivity index (χ4n) is 5.28. The number of nitrogens with zero attached hydrogens (tertiary/aromatic N) is 1. The van der Waals surface area contributed by atoms with Gasteiger partial charge in [0.25, 0.3) is 0 Å². The summed E-state index contributed by atoms with van der Waals surface area (Å²) < 4.78 is 4.85. The van der Waals surface area contributed by atoms with Crippen LogP contribution in [0.5, 0.6) is 0 Å². The SMILES string of the molecule is COC(=O)c1nc(C23CC4CC(CC(C4)C2)C3)sc1C. The quantitative estimate of drug-likeness (QED) is 0.780. The second-order valence-corrected chi connectivity index (χ2v) is 8.32. The maximum Gasteiger partial charge on any atom is 0.357 e. The van der Waals surface area contributed by atoms with Crippen molar-refractivity contribution in [1.29, 1.82) is 0 Å². The Bertz CT molecular complexity index is 528. The Labute approximate surface area is 123 Å². The van der Waals surface area contributed by atoms with Crippen LogP contribution in [0.3, 0.4) is 0 Å². The molecule has 20 heavy (non-hydrogen) atoms. The molecule has 108 valence electrons. The Morgan fingerprint density at radius 1 is 1.20 bits per heavy atom. The van der Waals surface area contributed by atoms with Gasteiger partial charge in [-0.25, -0.2) is 9.78 Å². The molecule has 0 amide bonds. The molecule has 0 N–H and O–H groups in total. The summed E-state index contributed by atoms with van der Waals surface area (Å²) in [6.45, 7) is 1.99. The third-order valence-electron chi connectivity index (χ3n) is 5.67. The van der Waals surface area contributed by atoms with Gasteiger partial charge in [0.05, 0.1) is 12.1 Å². The van der Waals surface area contributed by atoms with Gasteiger partial charge in [-0.1, -0.05) is 0 Å². The number of carbonyl (C=O) groups is 1. The summed E-state index contributed by atoms with van der Waals surface area (Å²) in [5, 5.41) is 1.22. The van der Waals surface area contributed by atoms with Gasteiger partial charge in [-0.3, -0.25) is 0 Å². The zero-order chi connectivity index (χ0) is 13.9. The van der Waals surface area contributed by atoms with E-state index in [-0.39, 0.29) is 11.4 Å². The monoisotopic (exact) mass is 291 g/mol. The molecule has 0 aliphatic heterocycles. The number of thiazole rings is 1. The van der Waals surface area contributed by atoms with Crippen molar-refractivity contribution < 1.29 is 9.53 Å². The highest BCUT2D eigenvalue weighted by Gasteiger charge is 2.53. The molecular weight excluding hydrogens is 270 g/mol. The van der Waals surface area contributed by atoms with Gasteiger partial charge in [0.15, 0.2) is 5.69 Å². The minimum absolute atomic E-state index is 0.283. The third-order valence-corrected chi connectivity index (χ3v) is 6.88. The first-order valence-electron chi connectivity index (χ1n) is 7.66. The van der Waals surface area contributed by atoms with Gasteiger partial charge in [-0.15, -0.1) is 11.3 Å². The number of ether oxygens (including phenoxy) is 1. The minimum Gasteiger partial charge on any atom is -0.464 e. The molecule has 1 aromatic heterocycles. The number of methoxy groups -OCH3 is 1. The molecule has 0 aromatic carbocycles. The molecule has 0 spiro atoms. The van der Waals surface area contributed by atoms with E-state index in [1.54, 1.807) is 11.3 Å². The maximum absolute atomic E-state index is 11.8. The second-order valence-electron chi connectivity index (χ2n) is 7.11. The van der Waals surface area contributed by atoms with Gasteiger partial charge in [-0.2, -0.15) is 0 Å². The Balaban J connectivity index is 1.72. The van der Waals surface area contributed by atoms with E-state index in [0.29, 0.717) is 5.69 Å². The smallest absolute Gasteiger partial charge is 0.357 e. The molecule has 0 unspecified atom stereocenters. The normalized spacial score (nSPS) is 38.2. The summed E-state index contributed by atoms with van der Waals surface area (Å²) in [5.74, 6) is 2.45. The fraction of sp³-hybridized carbons (Fsp3) is 0.750. The molecule has 3 nitrogen and oxygen atoms in total. The standard InChI is InChI=1S/C16H21NO2S/c1-9-13(14(18)19-2)17-15(20-9)16-6-10-3-11(7-16)5-12(4-10)8-16/h10-12H,3-8H2,1-2H3. The number of aryl methyl sites for hydroxylation is 1. The van der Waals surface area contributed by atoms with Crippen LogP contribution in [0, 0.1) is 24.7 Å². The van der Waals surface area contributed by atoms with Crippen molar-refractivity contribution in [2.45, 2.75) is 50.9 Å². The van der Waals surface area contributed by atoms with Crippen molar-refractivity contribution in [2.75, 3.05) is 7.11 Å². The highest BCUT2D eigenvalue weighted by Crippen LogP contribution is 2.61. The van der Waals surface area contributed by atoms with Gasteiger partial charge in [0.2, 0.25) is 0 Å². The van der Waals surface area contributed by atoms with E-state index in [4.69, 9.17) is 9.72 Å². The zero-order valence-corrected chi connectivity index (χ0v) is 13.0. The number of carbonyl (C=O) groups excluding carboxylic acids is 1. The first kappa shape index (κ1) is 12.8. The van der Waals surface area contributed by atoms with E-state index in [0.717, 1.165) is 22.6 Å². The van der Waals surface area contributed by atoms with Crippen molar-refractivity contribution in [3.63, 3.8) is 0 Å². The van der Waals surface area contributed by atoms with Gasteiger partial charge < -0.3 is 4.74 Å². The van der Waals surface area contributed by atoms with Crippen molar-refractivity contribution in [3.8, 4) is 0 Å². The molecule has 0 radical (unpaired) electrons. The highest BCUT2D eigenvalue weighted by molar-refractivity contribution is 7.12. The topological polar surface area (TPSA) is 39.2 Å². The predicted molar refractivity (Wildman–Crippen MR) is 78.0 cm³/mol. The lowest BCUT2D eigenvalue weighted by molar-refractivity contribution is -0.00535. The largest absolute Gasteiger partial charge is 0.464 e. The molecule has 5 rings (SSSR count). The third kappa shape index (κ3) is 1.77. The maximum atomic E-state index is 11.8. The van der Waals surface area contributed by atoms with E-state index in [1.807, 2.05) is 6.92 Å².